The van der Waals surface area contributed by atoms with Crippen molar-refractivity contribution in [2.75, 3.05) is 61.9 Å². The Hall–Kier alpha value is -1.40. The molecule has 4 rings (SSSR count). The molecule has 2 fully saturated rings. The molecule has 2 aliphatic rings. The lowest BCUT2D eigenvalue weighted by atomic mass is 10.1. The Morgan fingerprint density at radius 2 is 1.76 bits per heavy atom. The number of hydrogen-bond acceptors (Lipinski definition) is 4. The van der Waals surface area contributed by atoms with E-state index >= 15 is 0 Å². The Kier molecular flexibility index (Phi) is 6.60. The number of piperazine rings is 1. The number of nitrogens with zero attached hydrogens (tertiary/aromatic N) is 3. The van der Waals surface area contributed by atoms with E-state index in [1.165, 1.54) is 4.91 Å². The summed E-state index contributed by atoms with van der Waals surface area (Å²) in [5.74, 6) is 0.830. The van der Waals surface area contributed by atoms with Crippen molar-refractivity contribution < 1.29 is 4.39 Å². The molecule has 29 heavy (non-hydrogen) atoms. The molecule has 0 spiro atoms. The van der Waals surface area contributed by atoms with E-state index in [-0.39, 0.29) is 5.82 Å². The van der Waals surface area contributed by atoms with Crippen molar-refractivity contribution in [1.29, 1.82) is 0 Å². The first-order chi connectivity index (χ1) is 14.0. The van der Waals surface area contributed by atoms with Gasteiger partial charge in [-0.3, -0.25) is 0 Å². The zero-order valence-electron chi connectivity index (χ0n) is 16.4. The minimum absolute atomic E-state index is 0.147. The van der Waals surface area contributed by atoms with E-state index in [2.05, 4.69) is 27.8 Å². The first-order valence-electron chi connectivity index (χ1n) is 9.76. The van der Waals surface area contributed by atoms with Gasteiger partial charge in [0.05, 0.1) is 15.7 Å². The highest BCUT2D eigenvalue weighted by Gasteiger charge is 2.21. The monoisotopic (exact) mass is 451 g/mol. The molecule has 3 nitrogen and oxygen atoms in total. The van der Waals surface area contributed by atoms with Gasteiger partial charge in [0.15, 0.2) is 0 Å². The molecule has 2 aliphatic heterocycles. The molecule has 0 aliphatic carbocycles. The summed E-state index contributed by atoms with van der Waals surface area (Å²) in [6.45, 7) is 5.30. The lowest BCUT2D eigenvalue weighted by Crippen LogP contribution is -2.45. The van der Waals surface area contributed by atoms with Gasteiger partial charge in [0.25, 0.3) is 0 Å². The highest BCUT2D eigenvalue weighted by Crippen LogP contribution is 2.34. The van der Waals surface area contributed by atoms with Crippen molar-refractivity contribution in [3.63, 3.8) is 0 Å². The molecule has 2 aromatic carbocycles. The number of halogens is 3. The summed E-state index contributed by atoms with van der Waals surface area (Å²) in [6, 6.07) is 11.1. The molecule has 0 N–H and O–H groups in total. The van der Waals surface area contributed by atoms with Crippen molar-refractivity contribution in [3.8, 4) is 0 Å². The van der Waals surface area contributed by atoms with Gasteiger partial charge in [-0.1, -0.05) is 35.3 Å². The standard InChI is InChI=1S/C22H24Cl2FN3S/c1-26-7-9-27(10-8-26)22-16(3-2-4-21(22)25)13-18-15-28(11-12-29-18)17-5-6-19(23)20(24)14-17/h2-6,13-14H,7-12,15H2,1H3. The Labute approximate surface area is 186 Å². The van der Waals surface area contributed by atoms with E-state index in [4.69, 9.17) is 23.2 Å². The van der Waals surface area contributed by atoms with E-state index in [0.717, 1.165) is 62.0 Å². The quantitative estimate of drug-likeness (QED) is 0.610. The van der Waals surface area contributed by atoms with Crippen LogP contribution in [0.3, 0.4) is 0 Å². The van der Waals surface area contributed by atoms with Crippen molar-refractivity contribution in [2.45, 2.75) is 0 Å². The van der Waals surface area contributed by atoms with Gasteiger partial charge < -0.3 is 14.7 Å². The number of para-hydroxylation sites is 1. The molecule has 0 amide bonds. The number of anilines is 2. The number of rotatable bonds is 3. The van der Waals surface area contributed by atoms with E-state index in [0.29, 0.717) is 10.0 Å². The van der Waals surface area contributed by atoms with Crippen LogP contribution in [0.2, 0.25) is 10.0 Å². The summed E-state index contributed by atoms with van der Waals surface area (Å²) in [4.78, 5) is 7.97. The van der Waals surface area contributed by atoms with E-state index in [9.17, 15) is 4.39 Å². The Morgan fingerprint density at radius 1 is 0.966 bits per heavy atom. The largest absolute Gasteiger partial charge is 0.366 e. The van der Waals surface area contributed by atoms with Crippen LogP contribution in [-0.2, 0) is 0 Å². The first-order valence-corrected chi connectivity index (χ1v) is 11.5. The second kappa shape index (κ2) is 9.17. The molecule has 2 saturated heterocycles. The molecular weight excluding hydrogens is 428 g/mol. The van der Waals surface area contributed by atoms with Gasteiger partial charge in [-0.25, -0.2) is 4.39 Å². The topological polar surface area (TPSA) is 9.72 Å². The highest BCUT2D eigenvalue weighted by atomic mass is 35.5. The highest BCUT2D eigenvalue weighted by molar-refractivity contribution is 8.03. The number of likely N-dealkylation sites (N-methyl/N-ethyl adjacent to an activating group) is 1. The van der Waals surface area contributed by atoms with Crippen molar-refractivity contribution in [1.82, 2.24) is 4.90 Å². The fraction of sp³-hybridized carbons (Fsp3) is 0.364. The third kappa shape index (κ3) is 4.85. The molecule has 0 aromatic heterocycles. The minimum Gasteiger partial charge on any atom is -0.366 e. The summed E-state index contributed by atoms with van der Waals surface area (Å²) < 4.78 is 14.8. The maximum Gasteiger partial charge on any atom is 0.147 e. The van der Waals surface area contributed by atoms with Gasteiger partial charge in [0.2, 0.25) is 0 Å². The number of thioether (sulfide) groups is 1. The average Bonchev–Trinajstić information content (AvgIpc) is 2.71. The van der Waals surface area contributed by atoms with Crippen molar-refractivity contribution in [3.05, 3.63) is 62.7 Å². The van der Waals surface area contributed by atoms with E-state index < -0.39 is 0 Å². The second-order valence-corrected chi connectivity index (χ2v) is 9.48. The van der Waals surface area contributed by atoms with Crippen molar-refractivity contribution >= 4 is 52.4 Å². The van der Waals surface area contributed by atoms with Crippen LogP contribution in [-0.4, -0.2) is 57.0 Å². The Morgan fingerprint density at radius 3 is 2.52 bits per heavy atom. The second-order valence-electron chi connectivity index (χ2n) is 7.45. The smallest absolute Gasteiger partial charge is 0.147 e. The predicted octanol–water partition coefficient (Wildman–Crippen LogP) is 5.48. The summed E-state index contributed by atoms with van der Waals surface area (Å²) in [7, 11) is 2.11. The van der Waals surface area contributed by atoms with Gasteiger partial charge in [0.1, 0.15) is 5.82 Å². The average molecular weight is 452 g/mol. The maximum absolute atomic E-state index is 14.8. The minimum atomic E-state index is -0.147. The van der Waals surface area contributed by atoms with Crippen LogP contribution in [0, 0.1) is 5.82 Å². The first kappa shape index (κ1) is 20.9. The van der Waals surface area contributed by atoms with Crippen LogP contribution in [0.1, 0.15) is 5.56 Å². The van der Waals surface area contributed by atoms with Crippen LogP contribution < -0.4 is 9.80 Å². The van der Waals surface area contributed by atoms with Crippen LogP contribution in [0.5, 0.6) is 0 Å². The van der Waals surface area contributed by atoms with E-state index in [1.807, 2.05) is 36.0 Å². The molecule has 2 aromatic rings. The van der Waals surface area contributed by atoms with Crippen molar-refractivity contribution in [2.24, 2.45) is 0 Å². The Bertz CT molecular complexity index is 913. The van der Waals surface area contributed by atoms with Crippen LogP contribution in [0.4, 0.5) is 15.8 Å². The Balaban J connectivity index is 1.59. The molecule has 0 atom stereocenters. The SMILES string of the molecule is CN1CCN(c2c(F)cccc2C=C2CN(c3ccc(Cl)c(Cl)c3)CCS2)CC1. The van der Waals surface area contributed by atoms with Gasteiger partial charge >= 0.3 is 0 Å². The molecule has 2 heterocycles. The number of benzene rings is 2. The zero-order chi connectivity index (χ0) is 20.4. The summed E-state index contributed by atoms with van der Waals surface area (Å²) >= 11 is 14.1. The summed E-state index contributed by atoms with van der Waals surface area (Å²) in [5.41, 5.74) is 2.73. The normalized spacial score (nSPS) is 19.8. The molecule has 154 valence electrons. The fourth-order valence-corrected chi connectivity index (χ4v) is 5.10. The maximum atomic E-state index is 14.8. The summed E-state index contributed by atoms with van der Waals surface area (Å²) in [5, 5.41) is 1.13. The summed E-state index contributed by atoms with van der Waals surface area (Å²) in [6.07, 6.45) is 2.14. The molecule has 0 radical (unpaired) electrons. The third-order valence-corrected chi connectivity index (χ3v) is 7.16. The zero-order valence-corrected chi connectivity index (χ0v) is 18.7. The predicted molar refractivity (Wildman–Crippen MR) is 125 cm³/mol. The molecular formula is C22H24Cl2FN3S. The van der Waals surface area contributed by atoms with Crippen LogP contribution in [0.25, 0.3) is 6.08 Å². The lowest BCUT2D eigenvalue weighted by molar-refractivity contribution is 0.311. The fourth-order valence-electron chi connectivity index (χ4n) is 3.77. The molecule has 0 unspecified atom stereocenters. The van der Waals surface area contributed by atoms with E-state index in [1.54, 1.807) is 12.1 Å². The molecule has 0 bridgehead atoms. The molecule has 7 heteroatoms. The molecule has 0 saturated carbocycles. The number of hydrogen-bond donors (Lipinski definition) is 0. The van der Waals surface area contributed by atoms with Crippen LogP contribution in [0.15, 0.2) is 41.3 Å². The van der Waals surface area contributed by atoms with Gasteiger partial charge in [-0.2, -0.15) is 0 Å². The lowest BCUT2D eigenvalue weighted by Gasteiger charge is -2.35. The van der Waals surface area contributed by atoms with Gasteiger partial charge in [-0.15, -0.1) is 11.8 Å². The van der Waals surface area contributed by atoms with Crippen LogP contribution >= 0.6 is 35.0 Å². The van der Waals surface area contributed by atoms with Gasteiger partial charge in [0, 0.05) is 61.2 Å². The van der Waals surface area contributed by atoms with Gasteiger partial charge in [-0.05, 0) is 37.4 Å². The third-order valence-electron chi connectivity index (χ3n) is 5.42.